The van der Waals surface area contributed by atoms with Gasteiger partial charge in [0.25, 0.3) is 5.91 Å². The second-order valence-electron chi connectivity index (χ2n) is 7.37. The summed E-state index contributed by atoms with van der Waals surface area (Å²) in [4.78, 5) is 24.4. The van der Waals surface area contributed by atoms with Crippen molar-refractivity contribution in [2.45, 2.75) is 32.4 Å². The molecular formula is C21H21NO6. The summed E-state index contributed by atoms with van der Waals surface area (Å²) >= 11 is 0. The Bertz CT molecular complexity index is 936. The van der Waals surface area contributed by atoms with E-state index in [-0.39, 0.29) is 25.1 Å². The van der Waals surface area contributed by atoms with E-state index in [2.05, 4.69) is 5.32 Å². The zero-order chi connectivity index (χ0) is 19.7. The van der Waals surface area contributed by atoms with Crippen LogP contribution in [0.2, 0.25) is 0 Å². The van der Waals surface area contributed by atoms with Crippen molar-refractivity contribution in [2.75, 3.05) is 13.4 Å². The fourth-order valence-corrected chi connectivity index (χ4v) is 3.17. The van der Waals surface area contributed by atoms with E-state index in [0.29, 0.717) is 41.5 Å². The second kappa shape index (κ2) is 7.07. The lowest BCUT2D eigenvalue weighted by molar-refractivity contribution is -0.123. The highest BCUT2D eigenvalue weighted by molar-refractivity contribution is 6.00. The molecule has 2 aliphatic heterocycles. The van der Waals surface area contributed by atoms with E-state index < -0.39 is 5.60 Å². The second-order valence-corrected chi connectivity index (χ2v) is 7.37. The zero-order valence-electron chi connectivity index (χ0n) is 15.7. The van der Waals surface area contributed by atoms with Crippen LogP contribution in [-0.2, 0) is 11.3 Å². The highest BCUT2D eigenvalue weighted by atomic mass is 16.7. The summed E-state index contributed by atoms with van der Waals surface area (Å²) < 4.78 is 21.9. The number of benzene rings is 2. The van der Waals surface area contributed by atoms with Crippen LogP contribution in [0.4, 0.5) is 0 Å². The monoisotopic (exact) mass is 383 g/mol. The minimum atomic E-state index is -0.513. The lowest BCUT2D eigenvalue weighted by Crippen LogP contribution is -2.35. The van der Waals surface area contributed by atoms with E-state index in [0.717, 1.165) is 5.56 Å². The van der Waals surface area contributed by atoms with Crippen molar-refractivity contribution in [2.24, 2.45) is 0 Å². The van der Waals surface area contributed by atoms with Crippen molar-refractivity contribution in [1.29, 1.82) is 0 Å². The van der Waals surface area contributed by atoms with Gasteiger partial charge in [0.15, 0.2) is 23.9 Å². The molecule has 7 heteroatoms. The predicted molar refractivity (Wildman–Crippen MR) is 100 cm³/mol. The normalized spacial score (nSPS) is 16.1. The average Bonchev–Trinajstić information content (AvgIpc) is 3.12. The molecular weight excluding hydrogens is 362 g/mol. The van der Waals surface area contributed by atoms with Crippen LogP contribution in [0.1, 0.15) is 36.2 Å². The maximum absolute atomic E-state index is 12.3. The summed E-state index contributed by atoms with van der Waals surface area (Å²) in [6, 6.07) is 10.5. The number of ketones is 1. The van der Waals surface area contributed by atoms with Gasteiger partial charge in [-0.25, -0.2) is 0 Å². The fourth-order valence-electron chi connectivity index (χ4n) is 3.17. The maximum atomic E-state index is 12.3. The minimum absolute atomic E-state index is 0.00367. The summed E-state index contributed by atoms with van der Waals surface area (Å²) in [5.74, 6) is 2.11. The van der Waals surface area contributed by atoms with Gasteiger partial charge < -0.3 is 24.3 Å². The third-order valence-corrected chi connectivity index (χ3v) is 4.52. The van der Waals surface area contributed by atoms with Gasteiger partial charge in [-0.2, -0.15) is 0 Å². The topological polar surface area (TPSA) is 83.1 Å². The Balaban J connectivity index is 1.31. The van der Waals surface area contributed by atoms with Gasteiger partial charge in [0, 0.05) is 6.54 Å². The van der Waals surface area contributed by atoms with E-state index >= 15 is 0 Å². The fraction of sp³-hybridized carbons (Fsp3) is 0.333. The van der Waals surface area contributed by atoms with E-state index in [9.17, 15) is 9.59 Å². The third-order valence-electron chi connectivity index (χ3n) is 4.52. The predicted octanol–water partition coefficient (Wildman–Crippen LogP) is 2.85. The lowest BCUT2D eigenvalue weighted by atomic mass is 9.93. The van der Waals surface area contributed by atoms with Crippen LogP contribution >= 0.6 is 0 Å². The molecule has 0 aromatic heterocycles. The molecule has 1 amide bonds. The maximum Gasteiger partial charge on any atom is 0.258 e. The molecule has 0 spiro atoms. The zero-order valence-corrected chi connectivity index (χ0v) is 15.7. The molecule has 0 atom stereocenters. The van der Waals surface area contributed by atoms with Crippen LogP contribution in [0.5, 0.6) is 23.0 Å². The molecule has 0 radical (unpaired) electrons. The molecule has 2 aromatic rings. The third kappa shape index (κ3) is 3.88. The Labute approximate surface area is 162 Å². The Morgan fingerprint density at radius 2 is 1.89 bits per heavy atom. The quantitative estimate of drug-likeness (QED) is 0.855. The molecule has 4 rings (SSSR count). The smallest absolute Gasteiger partial charge is 0.258 e. The minimum Gasteiger partial charge on any atom is -0.487 e. The van der Waals surface area contributed by atoms with E-state index in [1.807, 2.05) is 32.0 Å². The van der Waals surface area contributed by atoms with Crippen molar-refractivity contribution in [3.63, 3.8) is 0 Å². The highest BCUT2D eigenvalue weighted by Gasteiger charge is 2.32. The number of hydrogen-bond acceptors (Lipinski definition) is 6. The molecule has 146 valence electrons. The van der Waals surface area contributed by atoms with Gasteiger partial charge >= 0.3 is 0 Å². The van der Waals surface area contributed by atoms with E-state index in [1.165, 1.54) is 0 Å². The number of carbonyl (C=O) groups is 2. The Hall–Kier alpha value is -3.22. The molecule has 2 aliphatic rings. The number of nitrogens with one attached hydrogen (secondary N) is 1. The van der Waals surface area contributed by atoms with Crippen LogP contribution in [0.3, 0.4) is 0 Å². The Morgan fingerprint density at radius 1 is 1.11 bits per heavy atom. The number of Topliss-reactive ketones (excluding diaryl/α,β-unsaturated/α-hetero) is 1. The first kappa shape index (κ1) is 18.2. The summed E-state index contributed by atoms with van der Waals surface area (Å²) in [6.45, 7) is 4.17. The molecule has 0 saturated heterocycles. The standard InChI is InChI=1S/C21H21NO6/c1-21(2)9-16(23)15-8-14(4-6-17(15)28-21)25-11-20(24)22-10-13-3-5-18-19(7-13)27-12-26-18/h3-8H,9-12H2,1-2H3,(H,22,24). The Kier molecular flexibility index (Phi) is 4.58. The van der Waals surface area contributed by atoms with Crippen LogP contribution in [0, 0.1) is 0 Å². The first-order chi connectivity index (χ1) is 13.4. The number of ether oxygens (including phenoxy) is 4. The molecule has 0 aliphatic carbocycles. The first-order valence-corrected chi connectivity index (χ1v) is 9.04. The SMILES string of the molecule is CC1(C)CC(=O)c2cc(OCC(=O)NCc3ccc4c(c3)OCO4)ccc2O1. The number of rotatable bonds is 5. The van der Waals surface area contributed by atoms with Gasteiger partial charge in [-0.1, -0.05) is 6.07 Å². The average molecular weight is 383 g/mol. The van der Waals surface area contributed by atoms with Crippen LogP contribution in [-0.4, -0.2) is 30.7 Å². The summed E-state index contributed by atoms with van der Waals surface area (Å²) in [5.41, 5.74) is 0.871. The van der Waals surface area contributed by atoms with Crippen LogP contribution < -0.4 is 24.3 Å². The lowest BCUT2D eigenvalue weighted by Gasteiger charge is -2.31. The highest BCUT2D eigenvalue weighted by Crippen LogP contribution is 2.35. The number of carbonyl (C=O) groups excluding carboxylic acids is 2. The number of hydrogen-bond donors (Lipinski definition) is 1. The summed E-state index contributed by atoms with van der Waals surface area (Å²) in [6.07, 6.45) is 0.305. The van der Waals surface area contributed by atoms with E-state index in [4.69, 9.17) is 18.9 Å². The first-order valence-electron chi connectivity index (χ1n) is 9.04. The van der Waals surface area contributed by atoms with Crippen molar-refractivity contribution in [3.8, 4) is 23.0 Å². The van der Waals surface area contributed by atoms with Crippen LogP contribution in [0.25, 0.3) is 0 Å². The van der Waals surface area contributed by atoms with Crippen molar-refractivity contribution < 1.29 is 28.5 Å². The van der Waals surface area contributed by atoms with Gasteiger partial charge in [0.2, 0.25) is 6.79 Å². The summed E-state index contributed by atoms with van der Waals surface area (Å²) in [5, 5.41) is 2.79. The molecule has 0 fully saturated rings. The molecule has 2 aromatic carbocycles. The van der Waals surface area contributed by atoms with Gasteiger partial charge in [0.1, 0.15) is 17.1 Å². The Morgan fingerprint density at radius 3 is 2.75 bits per heavy atom. The van der Waals surface area contributed by atoms with Crippen LogP contribution in [0.15, 0.2) is 36.4 Å². The molecule has 0 unspecified atom stereocenters. The van der Waals surface area contributed by atoms with Gasteiger partial charge in [-0.15, -0.1) is 0 Å². The van der Waals surface area contributed by atoms with Crippen molar-refractivity contribution in [1.82, 2.24) is 5.32 Å². The molecule has 1 N–H and O–H groups in total. The molecule has 28 heavy (non-hydrogen) atoms. The number of amides is 1. The molecule has 2 heterocycles. The van der Waals surface area contributed by atoms with Gasteiger partial charge in [-0.05, 0) is 49.7 Å². The van der Waals surface area contributed by atoms with Crippen molar-refractivity contribution >= 4 is 11.7 Å². The number of fused-ring (bicyclic) bond motifs is 2. The van der Waals surface area contributed by atoms with Gasteiger partial charge in [-0.3, -0.25) is 9.59 Å². The molecule has 7 nitrogen and oxygen atoms in total. The largest absolute Gasteiger partial charge is 0.487 e. The van der Waals surface area contributed by atoms with Gasteiger partial charge in [0.05, 0.1) is 12.0 Å². The summed E-state index contributed by atoms with van der Waals surface area (Å²) in [7, 11) is 0. The molecule has 0 bridgehead atoms. The van der Waals surface area contributed by atoms with E-state index in [1.54, 1.807) is 18.2 Å². The van der Waals surface area contributed by atoms with Crippen molar-refractivity contribution in [3.05, 3.63) is 47.5 Å². The molecule has 0 saturated carbocycles.